The Morgan fingerprint density at radius 3 is 2.13 bits per heavy atom. The summed E-state index contributed by atoms with van der Waals surface area (Å²) in [5.74, 6) is 0. The van der Waals surface area contributed by atoms with E-state index in [-0.39, 0.29) is 0 Å². The first kappa shape index (κ1) is 9.26. The van der Waals surface area contributed by atoms with Crippen LogP contribution in [0.25, 0.3) is 0 Å². The lowest BCUT2D eigenvalue weighted by molar-refractivity contribution is 0.897. The summed E-state index contributed by atoms with van der Waals surface area (Å²) in [5, 5.41) is 2.55. The summed E-state index contributed by atoms with van der Waals surface area (Å²) in [6, 6.07) is 2.41. The molecular formula is C13H13NS. The highest BCUT2D eigenvalue weighted by Crippen LogP contribution is 2.39. The van der Waals surface area contributed by atoms with Gasteiger partial charge in [-0.15, -0.1) is 0 Å². The van der Waals surface area contributed by atoms with Gasteiger partial charge in [-0.05, 0) is 73.0 Å². The molecule has 2 heteroatoms. The number of hydrogen-bond acceptors (Lipinski definition) is 2. The molecule has 0 radical (unpaired) electrons. The number of aliphatic imine (C=N–C) groups is 1. The maximum absolute atomic E-state index is 4.76. The fourth-order valence-electron chi connectivity index (χ4n) is 2.97. The van der Waals surface area contributed by atoms with Gasteiger partial charge in [0.15, 0.2) is 0 Å². The van der Waals surface area contributed by atoms with Crippen molar-refractivity contribution in [3.8, 4) is 0 Å². The molecule has 76 valence electrons. The Bertz CT molecular complexity index is 438. The molecule has 2 aliphatic carbocycles. The van der Waals surface area contributed by atoms with Crippen molar-refractivity contribution in [2.24, 2.45) is 4.99 Å². The summed E-state index contributed by atoms with van der Waals surface area (Å²) in [6.45, 7) is 0. The molecule has 1 nitrogen and oxygen atoms in total. The van der Waals surface area contributed by atoms with Gasteiger partial charge in [0.05, 0.1) is 10.8 Å². The van der Waals surface area contributed by atoms with Crippen LogP contribution in [0.2, 0.25) is 0 Å². The summed E-state index contributed by atoms with van der Waals surface area (Å²) < 4.78 is 0. The minimum atomic E-state index is 1.17. The van der Waals surface area contributed by atoms with E-state index >= 15 is 0 Å². The monoisotopic (exact) mass is 215 g/mol. The Morgan fingerprint density at radius 2 is 1.60 bits per heavy atom. The number of isothiocyanates is 1. The molecule has 0 bridgehead atoms. The van der Waals surface area contributed by atoms with Crippen LogP contribution in [0, 0.1) is 0 Å². The van der Waals surface area contributed by atoms with Crippen LogP contribution < -0.4 is 0 Å². The van der Waals surface area contributed by atoms with Crippen molar-refractivity contribution in [3.63, 3.8) is 0 Å². The van der Waals surface area contributed by atoms with E-state index in [4.69, 9.17) is 12.2 Å². The van der Waals surface area contributed by atoms with Crippen LogP contribution in [0.4, 0.5) is 5.69 Å². The van der Waals surface area contributed by atoms with Crippen molar-refractivity contribution in [2.45, 2.75) is 38.5 Å². The first-order valence-corrected chi connectivity index (χ1v) is 6.05. The van der Waals surface area contributed by atoms with Crippen molar-refractivity contribution in [1.82, 2.24) is 0 Å². The van der Waals surface area contributed by atoms with Crippen molar-refractivity contribution < 1.29 is 0 Å². The third-order valence-electron chi connectivity index (χ3n) is 3.60. The van der Waals surface area contributed by atoms with E-state index < -0.39 is 0 Å². The maximum atomic E-state index is 4.76. The van der Waals surface area contributed by atoms with Gasteiger partial charge in [-0.1, -0.05) is 6.07 Å². The van der Waals surface area contributed by atoms with Gasteiger partial charge in [0.2, 0.25) is 0 Å². The van der Waals surface area contributed by atoms with E-state index in [0.717, 1.165) is 0 Å². The zero-order chi connectivity index (χ0) is 10.3. The molecule has 0 amide bonds. The third-order valence-corrected chi connectivity index (χ3v) is 3.69. The largest absolute Gasteiger partial charge is 0.194 e. The van der Waals surface area contributed by atoms with Gasteiger partial charge in [0, 0.05) is 0 Å². The molecule has 0 unspecified atom stereocenters. The number of thiocarbonyl (C=S) groups is 1. The second-order valence-electron chi connectivity index (χ2n) is 4.41. The first-order chi connectivity index (χ1) is 7.40. The van der Waals surface area contributed by atoms with Gasteiger partial charge < -0.3 is 0 Å². The molecule has 0 saturated carbocycles. The van der Waals surface area contributed by atoms with Crippen molar-refractivity contribution in [1.29, 1.82) is 0 Å². The standard InChI is InChI=1S/C13H13NS/c15-8-14-13-11-5-1-3-9(11)7-10-4-2-6-12(10)13/h7H,1-6H2. The summed E-state index contributed by atoms with van der Waals surface area (Å²) in [6.07, 6.45) is 7.36. The third kappa shape index (κ3) is 1.37. The van der Waals surface area contributed by atoms with Crippen LogP contribution in [0.3, 0.4) is 0 Å². The Kier molecular flexibility index (Phi) is 2.19. The Balaban J connectivity index is 2.29. The molecule has 3 rings (SSSR count). The predicted molar refractivity (Wildman–Crippen MR) is 65.2 cm³/mol. The van der Waals surface area contributed by atoms with Crippen LogP contribution in [-0.2, 0) is 25.7 Å². The zero-order valence-electron chi connectivity index (χ0n) is 8.68. The molecule has 15 heavy (non-hydrogen) atoms. The average Bonchev–Trinajstić information content (AvgIpc) is 2.84. The topological polar surface area (TPSA) is 12.4 Å². The van der Waals surface area contributed by atoms with E-state index in [1.54, 1.807) is 0 Å². The van der Waals surface area contributed by atoms with Crippen LogP contribution in [-0.4, -0.2) is 5.16 Å². The molecular weight excluding hydrogens is 202 g/mol. The fraction of sp³-hybridized carbons (Fsp3) is 0.462. The van der Waals surface area contributed by atoms with Gasteiger partial charge in [0.1, 0.15) is 0 Å². The second kappa shape index (κ2) is 3.55. The van der Waals surface area contributed by atoms with E-state index in [9.17, 15) is 0 Å². The average molecular weight is 215 g/mol. The molecule has 0 atom stereocenters. The van der Waals surface area contributed by atoms with Crippen LogP contribution >= 0.6 is 12.2 Å². The first-order valence-electron chi connectivity index (χ1n) is 5.64. The molecule has 0 aliphatic heterocycles. The molecule has 0 spiro atoms. The smallest absolute Gasteiger partial charge is 0.0808 e. The lowest BCUT2D eigenvalue weighted by Crippen LogP contribution is -1.91. The van der Waals surface area contributed by atoms with Gasteiger partial charge >= 0.3 is 0 Å². The highest BCUT2D eigenvalue weighted by atomic mass is 32.1. The number of rotatable bonds is 1. The number of fused-ring (bicyclic) bond motifs is 2. The number of nitrogens with zero attached hydrogens (tertiary/aromatic N) is 1. The number of aryl methyl sites for hydroxylation is 2. The molecule has 0 saturated heterocycles. The minimum Gasteiger partial charge on any atom is -0.194 e. The second-order valence-corrected chi connectivity index (χ2v) is 4.59. The van der Waals surface area contributed by atoms with Crippen LogP contribution in [0.15, 0.2) is 11.1 Å². The van der Waals surface area contributed by atoms with E-state index in [2.05, 4.69) is 16.2 Å². The van der Waals surface area contributed by atoms with E-state index in [0.29, 0.717) is 0 Å². The van der Waals surface area contributed by atoms with Crippen LogP contribution in [0.1, 0.15) is 35.1 Å². The van der Waals surface area contributed by atoms with Crippen molar-refractivity contribution in [2.75, 3.05) is 0 Å². The highest BCUT2D eigenvalue weighted by molar-refractivity contribution is 7.78. The summed E-state index contributed by atoms with van der Waals surface area (Å²) in [7, 11) is 0. The molecule has 1 aromatic carbocycles. The van der Waals surface area contributed by atoms with Gasteiger partial charge in [-0.3, -0.25) is 0 Å². The molecule has 0 fully saturated rings. The lowest BCUT2D eigenvalue weighted by atomic mass is 9.99. The van der Waals surface area contributed by atoms with E-state index in [1.807, 2.05) is 0 Å². The molecule has 1 aromatic rings. The Hall–Kier alpha value is -0.980. The number of benzene rings is 1. The molecule has 0 N–H and O–H groups in total. The minimum absolute atomic E-state index is 1.17. The highest BCUT2D eigenvalue weighted by Gasteiger charge is 2.23. The Labute approximate surface area is 95.2 Å². The maximum Gasteiger partial charge on any atom is 0.0808 e. The quantitative estimate of drug-likeness (QED) is 0.516. The number of hydrogen-bond donors (Lipinski definition) is 0. The van der Waals surface area contributed by atoms with Crippen molar-refractivity contribution in [3.05, 3.63) is 28.3 Å². The fourth-order valence-corrected chi connectivity index (χ4v) is 3.06. The normalized spacial score (nSPS) is 17.1. The molecule has 2 aliphatic rings. The van der Waals surface area contributed by atoms with Crippen LogP contribution in [0.5, 0.6) is 0 Å². The van der Waals surface area contributed by atoms with Gasteiger partial charge in [0.25, 0.3) is 0 Å². The summed E-state index contributed by atoms with van der Waals surface area (Å²) in [4.78, 5) is 4.31. The van der Waals surface area contributed by atoms with Gasteiger partial charge in [-0.25, -0.2) is 0 Å². The SMILES string of the molecule is S=C=Nc1c2c(cc3c1CCC3)CCC2. The van der Waals surface area contributed by atoms with Gasteiger partial charge in [-0.2, -0.15) is 4.99 Å². The van der Waals surface area contributed by atoms with E-state index in [1.165, 1.54) is 66.5 Å². The predicted octanol–water partition coefficient (Wildman–Crippen LogP) is 3.40. The lowest BCUT2D eigenvalue weighted by Gasteiger charge is -2.09. The zero-order valence-corrected chi connectivity index (χ0v) is 9.49. The summed E-state index contributed by atoms with van der Waals surface area (Å²) >= 11 is 4.76. The molecule has 0 heterocycles. The Morgan fingerprint density at radius 1 is 1.00 bits per heavy atom. The summed E-state index contributed by atoms with van der Waals surface area (Å²) in [5.41, 5.74) is 7.10. The van der Waals surface area contributed by atoms with Crippen molar-refractivity contribution >= 4 is 23.1 Å². The molecule has 0 aromatic heterocycles.